The Morgan fingerprint density at radius 2 is 2.05 bits per heavy atom. The van der Waals surface area contributed by atoms with E-state index in [1.54, 1.807) is 25.7 Å². The van der Waals surface area contributed by atoms with Gasteiger partial charge in [-0.3, -0.25) is 4.79 Å². The van der Waals surface area contributed by atoms with Crippen molar-refractivity contribution in [3.8, 4) is 0 Å². The molecule has 0 radical (unpaired) electrons. The van der Waals surface area contributed by atoms with Gasteiger partial charge in [-0.25, -0.2) is 8.42 Å². The van der Waals surface area contributed by atoms with Gasteiger partial charge in [-0.1, -0.05) is 5.16 Å². The van der Waals surface area contributed by atoms with Crippen molar-refractivity contribution in [3.05, 3.63) is 11.7 Å². The average Bonchev–Trinajstić information content (AvgIpc) is 2.92. The topological polar surface area (TPSA) is 93.4 Å². The molecule has 1 aliphatic heterocycles. The zero-order chi connectivity index (χ0) is 16.5. The summed E-state index contributed by atoms with van der Waals surface area (Å²) < 4.78 is 29.4. The van der Waals surface area contributed by atoms with Crippen molar-refractivity contribution in [2.45, 2.75) is 57.0 Å². The number of carbonyl (C=O) groups excluding carboxylic acids is 1. The smallest absolute Gasteiger partial charge is 0.240 e. The number of piperidine rings is 1. The number of nitrogens with zero attached hydrogens (tertiary/aromatic N) is 3. The molecule has 0 spiro atoms. The number of sulfone groups is 1. The van der Waals surface area contributed by atoms with Crippen molar-refractivity contribution in [2.75, 3.05) is 13.1 Å². The molecule has 0 unspecified atom stereocenters. The Morgan fingerprint density at radius 1 is 1.36 bits per heavy atom. The highest BCUT2D eigenvalue weighted by atomic mass is 32.2. The summed E-state index contributed by atoms with van der Waals surface area (Å²) in [6, 6.07) is 0. The summed E-state index contributed by atoms with van der Waals surface area (Å²) in [6.07, 6.45) is 1.67. The number of rotatable bonds is 4. The second kappa shape index (κ2) is 6.36. The molecule has 8 heteroatoms. The predicted octanol–water partition coefficient (Wildman–Crippen LogP) is 1.30. The summed E-state index contributed by atoms with van der Waals surface area (Å²) >= 11 is 0. The van der Waals surface area contributed by atoms with E-state index >= 15 is 0 Å². The van der Waals surface area contributed by atoms with Gasteiger partial charge in [0.1, 0.15) is 5.25 Å². The first-order valence-corrected chi connectivity index (χ1v) is 9.16. The Balaban J connectivity index is 2.10. The minimum atomic E-state index is -3.44. The monoisotopic (exact) mass is 329 g/mol. The molecule has 0 bridgehead atoms. The average molecular weight is 329 g/mol. The van der Waals surface area contributed by atoms with Crippen molar-refractivity contribution in [3.63, 3.8) is 0 Å². The molecule has 0 saturated carbocycles. The third kappa shape index (κ3) is 3.31. The summed E-state index contributed by atoms with van der Waals surface area (Å²) in [6.45, 7) is 7.40. The number of carbonyl (C=O) groups is 1. The first-order chi connectivity index (χ1) is 10.2. The zero-order valence-corrected chi connectivity index (χ0v) is 14.3. The van der Waals surface area contributed by atoms with Crippen molar-refractivity contribution in [1.29, 1.82) is 0 Å². The second-order valence-electron chi connectivity index (χ2n) is 6.08. The second-order valence-corrected chi connectivity index (χ2v) is 8.90. The zero-order valence-electron chi connectivity index (χ0n) is 13.4. The first kappa shape index (κ1) is 16.9. The van der Waals surface area contributed by atoms with Crippen LogP contribution in [-0.2, 0) is 14.6 Å². The molecule has 1 aromatic rings. The van der Waals surface area contributed by atoms with E-state index < -0.39 is 20.3 Å². The maximum atomic E-state index is 12.5. The Kier molecular flexibility index (Phi) is 4.89. The summed E-state index contributed by atoms with van der Waals surface area (Å²) in [4.78, 5) is 18.3. The minimum absolute atomic E-state index is 0.00380. The molecule has 124 valence electrons. The van der Waals surface area contributed by atoms with Crippen molar-refractivity contribution in [1.82, 2.24) is 15.0 Å². The molecular weight excluding hydrogens is 306 g/mol. The van der Waals surface area contributed by atoms with Crippen LogP contribution in [0.4, 0.5) is 0 Å². The third-order valence-corrected chi connectivity index (χ3v) is 6.64. The number of hydrogen-bond donors (Lipinski definition) is 0. The lowest BCUT2D eigenvalue weighted by Gasteiger charge is -2.33. The van der Waals surface area contributed by atoms with E-state index in [2.05, 4.69) is 10.1 Å². The maximum Gasteiger partial charge on any atom is 0.240 e. The number of aromatic nitrogens is 2. The quantitative estimate of drug-likeness (QED) is 0.826. The van der Waals surface area contributed by atoms with Crippen LogP contribution in [0.5, 0.6) is 0 Å². The Hall–Kier alpha value is -1.44. The summed E-state index contributed by atoms with van der Waals surface area (Å²) in [5, 5.41) is 2.33. The Bertz CT molecular complexity index is 638. The van der Waals surface area contributed by atoms with Crippen LogP contribution in [0.15, 0.2) is 4.52 Å². The van der Waals surface area contributed by atoms with Crippen LogP contribution in [0.3, 0.4) is 0 Å². The summed E-state index contributed by atoms with van der Waals surface area (Å²) in [7, 11) is -3.44. The number of aryl methyl sites for hydroxylation is 1. The maximum absolute atomic E-state index is 12.5. The van der Waals surface area contributed by atoms with Crippen LogP contribution in [0.1, 0.15) is 51.2 Å². The molecular formula is C14H23N3O4S. The van der Waals surface area contributed by atoms with Crippen LogP contribution in [0.2, 0.25) is 0 Å². The van der Waals surface area contributed by atoms with Gasteiger partial charge in [-0.15, -0.1) is 0 Å². The van der Waals surface area contributed by atoms with E-state index in [0.717, 1.165) is 12.8 Å². The lowest BCUT2D eigenvalue weighted by molar-refractivity contribution is -0.131. The van der Waals surface area contributed by atoms with Crippen molar-refractivity contribution in [2.24, 2.45) is 0 Å². The Morgan fingerprint density at radius 3 is 2.59 bits per heavy atom. The van der Waals surface area contributed by atoms with Gasteiger partial charge in [0.25, 0.3) is 0 Å². The van der Waals surface area contributed by atoms with Gasteiger partial charge < -0.3 is 9.42 Å². The lowest BCUT2D eigenvalue weighted by Crippen LogP contribution is -2.47. The molecule has 1 aliphatic rings. The first-order valence-electron chi connectivity index (χ1n) is 7.55. The highest BCUT2D eigenvalue weighted by Gasteiger charge is 2.36. The van der Waals surface area contributed by atoms with Crippen LogP contribution < -0.4 is 0 Å². The number of amides is 1. The molecule has 22 heavy (non-hydrogen) atoms. The molecule has 0 aliphatic carbocycles. The molecule has 1 saturated heterocycles. The predicted molar refractivity (Wildman–Crippen MR) is 81.1 cm³/mol. The van der Waals surface area contributed by atoms with Gasteiger partial charge in [0.15, 0.2) is 15.7 Å². The molecule has 2 heterocycles. The fourth-order valence-corrected chi connectivity index (χ4v) is 3.92. The molecule has 1 aromatic heterocycles. The molecule has 2 atom stereocenters. The molecule has 1 fully saturated rings. The Labute approximate surface area is 131 Å². The van der Waals surface area contributed by atoms with Gasteiger partial charge in [0.05, 0.1) is 5.25 Å². The normalized spacial score (nSPS) is 21.1. The van der Waals surface area contributed by atoms with Gasteiger partial charge in [-0.2, -0.15) is 4.98 Å². The van der Waals surface area contributed by atoms with Crippen LogP contribution in [0, 0.1) is 6.92 Å². The van der Waals surface area contributed by atoms with Gasteiger partial charge in [0, 0.05) is 25.9 Å². The SMILES string of the molecule is Cc1nc([C@@H]2CCCN(C(=O)[C@H](C)S(=O)(=O)C(C)C)C2)no1. The fraction of sp³-hybridized carbons (Fsp3) is 0.786. The van der Waals surface area contributed by atoms with Gasteiger partial charge in [-0.05, 0) is 33.6 Å². The number of hydrogen-bond acceptors (Lipinski definition) is 6. The summed E-state index contributed by atoms with van der Waals surface area (Å²) in [5.74, 6) is 0.756. The summed E-state index contributed by atoms with van der Waals surface area (Å²) in [5.41, 5.74) is 0. The lowest BCUT2D eigenvalue weighted by atomic mass is 9.97. The van der Waals surface area contributed by atoms with Gasteiger partial charge >= 0.3 is 0 Å². The van der Waals surface area contributed by atoms with Crippen LogP contribution >= 0.6 is 0 Å². The van der Waals surface area contributed by atoms with Gasteiger partial charge in [0.2, 0.25) is 11.8 Å². The van der Waals surface area contributed by atoms with E-state index in [9.17, 15) is 13.2 Å². The van der Waals surface area contributed by atoms with E-state index in [1.165, 1.54) is 6.92 Å². The largest absolute Gasteiger partial charge is 0.341 e. The standard InChI is InChI=1S/C14H23N3O4S/c1-9(2)22(19,20)10(3)14(18)17-7-5-6-12(8-17)13-15-11(4)21-16-13/h9-10,12H,5-8H2,1-4H3/t10-,12+/m0/s1. The molecule has 1 amide bonds. The molecule has 0 N–H and O–H groups in total. The van der Waals surface area contributed by atoms with Crippen molar-refractivity contribution < 1.29 is 17.7 Å². The van der Waals surface area contributed by atoms with Crippen LogP contribution in [-0.4, -0.2) is 53.0 Å². The minimum Gasteiger partial charge on any atom is -0.341 e. The van der Waals surface area contributed by atoms with E-state index in [4.69, 9.17) is 4.52 Å². The van der Waals surface area contributed by atoms with E-state index in [1.807, 2.05) is 0 Å². The molecule has 7 nitrogen and oxygen atoms in total. The van der Waals surface area contributed by atoms with Crippen LogP contribution in [0.25, 0.3) is 0 Å². The van der Waals surface area contributed by atoms with Crippen molar-refractivity contribution >= 4 is 15.7 Å². The molecule has 0 aromatic carbocycles. The van der Waals surface area contributed by atoms with E-state index in [-0.39, 0.29) is 11.8 Å². The highest BCUT2D eigenvalue weighted by Crippen LogP contribution is 2.26. The molecule has 2 rings (SSSR count). The van der Waals surface area contributed by atoms with E-state index in [0.29, 0.717) is 24.8 Å². The number of likely N-dealkylation sites (tertiary alicyclic amines) is 1. The highest BCUT2D eigenvalue weighted by molar-refractivity contribution is 7.93. The fourth-order valence-electron chi connectivity index (χ4n) is 2.67. The third-order valence-electron chi connectivity index (χ3n) is 4.14.